The Morgan fingerprint density at radius 1 is 1.50 bits per heavy atom. The van der Waals surface area contributed by atoms with Crippen LogP contribution in [0.25, 0.3) is 0 Å². The summed E-state index contributed by atoms with van der Waals surface area (Å²) in [5.41, 5.74) is 3.08. The summed E-state index contributed by atoms with van der Waals surface area (Å²) >= 11 is 0. The molecule has 16 heavy (non-hydrogen) atoms. The Hall–Kier alpha value is -2.24. The number of halogens is 1. The van der Waals surface area contributed by atoms with Crippen LogP contribution in [0.15, 0.2) is 34.5 Å². The van der Waals surface area contributed by atoms with Crippen molar-refractivity contribution in [2.45, 2.75) is 6.92 Å². The van der Waals surface area contributed by atoms with E-state index >= 15 is 0 Å². The summed E-state index contributed by atoms with van der Waals surface area (Å²) in [4.78, 5) is 14.6. The predicted molar refractivity (Wildman–Crippen MR) is 58.8 cm³/mol. The number of carbonyl (C=O) groups is 1. The van der Waals surface area contributed by atoms with Crippen molar-refractivity contribution in [3.8, 4) is 0 Å². The van der Waals surface area contributed by atoms with Crippen LogP contribution in [0.3, 0.4) is 0 Å². The summed E-state index contributed by atoms with van der Waals surface area (Å²) in [7, 11) is 0. The maximum absolute atomic E-state index is 12.7. The molecule has 0 saturated carbocycles. The van der Waals surface area contributed by atoms with E-state index in [2.05, 4.69) is 20.5 Å². The van der Waals surface area contributed by atoms with Gasteiger partial charge in [-0.15, -0.1) is 0 Å². The Kier molecular flexibility index (Phi) is 4.65. The van der Waals surface area contributed by atoms with Crippen LogP contribution < -0.4 is 5.43 Å². The normalized spacial score (nSPS) is 10.9. The Morgan fingerprint density at radius 3 is 3.00 bits per heavy atom. The Balaban J connectivity index is 2.37. The van der Waals surface area contributed by atoms with Gasteiger partial charge in [-0.1, -0.05) is 11.2 Å². The molecule has 1 aromatic carbocycles. The van der Waals surface area contributed by atoms with Gasteiger partial charge in [0.25, 0.3) is 0 Å². The SMILES string of the molecule is CC(=O)ON=CC=NNc1cccc(F)c1. The number of hydrogen-bond acceptors (Lipinski definition) is 5. The molecule has 0 radical (unpaired) electrons. The zero-order valence-electron chi connectivity index (χ0n) is 8.55. The summed E-state index contributed by atoms with van der Waals surface area (Å²) in [6, 6.07) is 5.83. The van der Waals surface area contributed by atoms with E-state index in [1.807, 2.05) is 0 Å². The van der Waals surface area contributed by atoms with Crippen LogP contribution >= 0.6 is 0 Å². The van der Waals surface area contributed by atoms with Gasteiger partial charge in [-0.2, -0.15) is 5.10 Å². The molecule has 5 nitrogen and oxygen atoms in total. The number of rotatable bonds is 4. The lowest BCUT2D eigenvalue weighted by Crippen LogP contribution is -1.93. The van der Waals surface area contributed by atoms with E-state index in [0.717, 1.165) is 0 Å². The highest BCUT2D eigenvalue weighted by atomic mass is 19.1. The number of carbonyl (C=O) groups excluding carboxylic acids is 1. The van der Waals surface area contributed by atoms with Gasteiger partial charge in [-0.05, 0) is 18.2 Å². The van der Waals surface area contributed by atoms with Gasteiger partial charge < -0.3 is 4.84 Å². The molecule has 0 aliphatic heterocycles. The molecule has 0 saturated heterocycles. The minimum Gasteiger partial charge on any atom is -0.319 e. The van der Waals surface area contributed by atoms with Crippen molar-refractivity contribution < 1.29 is 14.0 Å². The zero-order valence-corrected chi connectivity index (χ0v) is 8.55. The van der Waals surface area contributed by atoms with E-state index in [9.17, 15) is 9.18 Å². The fraction of sp³-hybridized carbons (Fsp3) is 0.100. The lowest BCUT2D eigenvalue weighted by Gasteiger charge is -1.97. The second kappa shape index (κ2) is 6.28. The average Bonchev–Trinajstić information content (AvgIpc) is 2.23. The molecule has 0 aliphatic carbocycles. The molecule has 0 bridgehead atoms. The maximum Gasteiger partial charge on any atom is 0.331 e. The standard InChI is InChI=1S/C10H10FN3O2/c1-8(15)16-13-6-5-12-14-10-4-2-3-9(11)7-10/h2-7,14H,1H3. The summed E-state index contributed by atoms with van der Waals surface area (Å²) in [5.74, 6) is -0.864. The van der Waals surface area contributed by atoms with E-state index < -0.39 is 5.97 Å². The second-order valence-corrected chi connectivity index (χ2v) is 2.74. The van der Waals surface area contributed by atoms with Crippen LogP contribution in [0, 0.1) is 5.82 Å². The third-order valence-electron chi connectivity index (χ3n) is 1.40. The summed E-state index contributed by atoms with van der Waals surface area (Å²) in [5, 5.41) is 6.98. The van der Waals surface area contributed by atoms with E-state index in [0.29, 0.717) is 5.69 Å². The van der Waals surface area contributed by atoms with E-state index in [1.165, 1.54) is 31.5 Å². The first kappa shape index (κ1) is 11.8. The molecular weight excluding hydrogens is 213 g/mol. The number of oxime groups is 1. The third kappa shape index (κ3) is 4.85. The Bertz CT molecular complexity index is 418. The minimum absolute atomic E-state index is 0.353. The van der Waals surface area contributed by atoms with Crippen molar-refractivity contribution >= 4 is 24.1 Å². The predicted octanol–water partition coefficient (Wildman–Crippen LogP) is 1.77. The molecular formula is C10H10FN3O2. The van der Waals surface area contributed by atoms with Gasteiger partial charge in [0.2, 0.25) is 0 Å². The van der Waals surface area contributed by atoms with Gasteiger partial charge in [0.15, 0.2) is 0 Å². The van der Waals surface area contributed by atoms with Crippen molar-refractivity contribution in [1.82, 2.24) is 0 Å². The van der Waals surface area contributed by atoms with Crippen LogP contribution in [-0.4, -0.2) is 18.4 Å². The largest absolute Gasteiger partial charge is 0.331 e. The molecule has 1 rings (SSSR count). The van der Waals surface area contributed by atoms with Gasteiger partial charge in [-0.25, -0.2) is 9.18 Å². The fourth-order valence-electron chi connectivity index (χ4n) is 0.835. The maximum atomic E-state index is 12.7. The van der Waals surface area contributed by atoms with E-state index in [4.69, 9.17) is 0 Å². The van der Waals surface area contributed by atoms with Gasteiger partial charge in [-0.3, -0.25) is 5.43 Å². The summed E-state index contributed by atoms with van der Waals surface area (Å²) in [6.07, 6.45) is 2.46. The van der Waals surface area contributed by atoms with Crippen molar-refractivity contribution in [1.29, 1.82) is 0 Å². The molecule has 6 heteroatoms. The van der Waals surface area contributed by atoms with Crippen LogP contribution in [0.1, 0.15) is 6.92 Å². The first-order valence-corrected chi connectivity index (χ1v) is 4.42. The zero-order chi connectivity index (χ0) is 11.8. The number of benzene rings is 1. The molecule has 1 N–H and O–H groups in total. The molecule has 0 amide bonds. The average molecular weight is 223 g/mol. The molecule has 84 valence electrons. The van der Waals surface area contributed by atoms with Gasteiger partial charge in [0.05, 0.1) is 18.1 Å². The van der Waals surface area contributed by atoms with Crippen molar-refractivity contribution in [3.63, 3.8) is 0 Å². The summed E-state index contributed by atoms with van der Waals surface area (Å²) in [6.45, 7) is 1.24. The fourth-order valence-corrected chi connectivity index (χ4v) is 0.835. The van der Waals surface area contributed by atoms with Crippen molar-refractivity contribution in [3.05, 3.63) is 30.1 Å². The minimum atomic E-state index is -0.511. The Morgan fingerprint density at radius 2 is 2.31 bits per heavy atom. The number of nitrogens with one attached hydrogen (secondary N) is 1. The highest BCUT2D eigenvalue weighted by molar-refractivity contribution is 6.16. The molecule has 0 unspecified atom stereocenters. The first-order valence-electron chi connectivity index (χ1n) is 4.42. The molecule has 0 aliphatic rings. The smallest absolute Gasteiger partial charge is 0.319 e. The number of hydrazone groups is 1. The highest BCUT2D eigenvalue weighted by Crippen LogP contribution is 2.08. The molecule has 0 atom stereocenters. The van der Waals surface area contributed by atoms with Crippen molar-refractivity contribution in [2.75, 3.05) is 5.43 Å². The van der Waals surface area contributed by atoms with Crippen molar-refractivity contribution in [2.24, 2.45) is 10.3 Å². The second-order valence-electron chi connectivity index (χ2n) is 2.74. The molecule has 0 aromatic heterocycles. The quantitative estimate of drug-likeness (QED) is 0.480. The first-order chi connectivity index (χ1) is 7.68. The van der Waals surface area contributed by atoms with Crippen LogP contribution in [0.5, 0.6) is 0 Å². The number of anilines is 1. The molecule has 0 heterocycles. The lowest BCUT2D eigenvalue weighted by atomic mass is 10.3. The third-order valence-corrected chi connectivity index (χ3v) is 1.40. The highest BCUT2D eigenvalue weighted by Gasteiger charge is 1.90. The number of hydrogen-bond donors (Lipinski definition) is 1. The van der Waals surface area contributed by atoms with E-state index in [-0.39, 0.29) is 5.82 Å². The van der Waals surface area contributed by atoms with Gasteiger partial charge in [0, 0.05) is 6.92 Å². The monoisotopic (exact) mass is 223 g/mol. The summed E-state index contributed by atoms with van der Waals surface area (Å²) < 4.78 is 12.7. The van der Waals surface area contributed by atoms with Crippen LogP contribution in [0.4, 0.5) is 10.1 Å². The van der Waals surface area contributed by atoms with Gasteiger partial charge in [0.1, 0.15) is 5.82 Å². The van der Waals surface area contributed by atoms with Crippen LogP contribution in [-0.2, 0) is 9.63 Å². The topological polar surface area (TPSA) is 63.0 Å². The molecule has 0 fully saturated rings. The molecule has 0 spiro atoms. The van der Waals surface area contributed by atoms with E-state index in [1.54, 1.807) is 12.1 Å². The Labute approximate surface area is 91.6 Å². The number of nitrogens with zero attached hydrogens (tertiary/aromatic N) is 2. The molecule has 1 aromatic rings. The lowest BCUT2D eigenvalue weighted by molar-refractivity contribution is -0.140. The van der Waals surface area contributed by atoms with Gasteiger partial charge >= 0.3 is 5.97 Å². The van der Waals surface area contributed by atoms with Crippen LogP contribution in [0.2, 0.25) is 0 Å².